The maximum absolute atomic E-state index is 9.80. The molecule has 0 saturated carbocycles. The third-order valence-corrected chi connectivity index (χ3v) is 2.58. The molecule has 0 aliphatic heterocycles. The van der Waals surface area contributed by atoms with Gasteiger partial charge in [0.15, 0.2) is 0 Å². The number of alkyl halides is 1. The number of nitriles is 1. The molecule has 0 fully saturated rings. The molecule has 2 unspecified atom stereocenters. The van der Waals surface area contributed by atoms with Crippen LogP contribution in [0.1, 0.15) is 22.8 Å². The number of hydrogen-bond donors (Lipinski definition) is 2. The molecule has 15 heavy (non-hydrogen) atoms. The van der Waals surface area contributed by atoms with Crippen molar-refractivity contribution in [1.82, 2.24) is 0 Å². The van der Waals surface area contributed by atoms with Gasteiger partial charge in [-0.3, -0.25) is 0 Å². The molecule has 0 saturated heterocycles. The molecule has 3 nitrogen and oxygen atoms in total. The van der Waals surface area contributed by atoms with Gasteiger partial charge in [-0.1, -0.05) is 12.1 Å². The molecule has 2 atom stereocenters. The van der Waals surface area contributed by atoms with Gasteiger partial charge in [-0.15, -0.1) is 11.6 Å². The van der Waals surface area contributed by atoms with Crippen LogP contribution in [0.5, 0.6) is 0 Å². The number of rotatable bonds is 3. The highest BCUT2D eigenvalue weighted by molar-refractivity contribution is 6.18. The predicted molar refractivity (Wildman–Crippen MR) is 57.6 cm³/mol. The van der Waals surface area contributed by atoms with Crippen LogP contribution < -0.4 is 0 Å². The molecule has 1 rings (SSSR count). The Morgan fingerprint density at radius 1 is 1.47 bits per heavy atom. The van der Waals surface area contributed by atoms with E-state index < -0.39 is 12.2 Å². The summed E-state index contributed by atoms with van der Waals surface area (Å²) in [5.41, 5.74) is 1.59. The maximum Gasteiger partial charge on any atom is 0.108 e. The Hall–Kier alpha value is -1.08. The van der Waals surface area contributed by atoms with E-state index in [1.54, 1.807) is 25.1 Å². The van der Waals surface area contributed by atoms with Crippen molar-refractivity contribution in [3.8, 4) is 6.07 Å². The molecule has 2 N–H and O–H groups in total. The lowest BCUT2D eigenvalue weighted by atomic mass is 9.95. The van der Waals surface area contributed by atoms with E-state index in [9.17, 15) is 10.2 Å². The van der Waals surface area contributed by atoms with Crippen LogP contribution in [0.25, 0.3) is 0 Å². The van der Waals surface area contributed by atoms with Crippen molar-refractivity contribution in [3.05, 3.63) is 34.9 Å². The lowest BCUT2D eigenvalue weighted by Crippen LogP contribution is -2.21. The first-order chi connectivity index (χ1) is 7.11. The Morgan fingerprint density at radius 2 is 2.13 bits per heavy atom. The van der Waals surface area contributed by atoms with Crippen LogP contribution in [-0.2, 0) is 0 Å². The van der Waals surface area contributed by atoms with E-state index in [1.807, 2.05) is 6.07 Å². The number of hydrogen-bond acceptors (Lipinski definition) is 3. The molecule has 0 spiro atoms. The van der Waals surface area contributed by atoms with Crippen molar-refractivity contribution < 1.29 is 10.2 Å². The van der Waals surface area contributed by atoms with Gasteiger partial charge in [-0.05, 0) is 18.6 Å². The van der Waals surface area contributed by atoms with E-state index in [2.05, 4.69) is 0 Å². The number of aliphatic hydroxyl groups excluding tert-OH is 2. The summed E-state index contributed by atoms with van der Waals surface area (Å²) in [5, 5.41) is 28.1. The molecule has 1 aromatic rings. The Labute approximate surface area is 93.5 Å². The number of benzene rings is 1. The summed E-state index contributed by atoms with van der Waals surface area (Å²) < 4.78 is 0. The van der Waals surface area contributed by atoms with Gasteiger partial charge in [-0.25, -0.2) is 0 Å². The number of nitrogens with zero attached hydrogens (tertiary/aromatic N) is 1. The molecule has 0 heterocycles. The van der Waals surface area contributed by atoms with Gasteiger partial charge in [-0.2, -0.15) is 5.26 Å². The van der Waals surface area contributed by atoms with Crippen LogP contribution in [-0.4, -0.2) is 22.2 Å². The third kappa shape index (κ3) is 2.48. The molecule has 0 aliphatic carbocycles. The van der Waals surface area contributed by atoms with Crippen LogP contribution in [0.2, 0.25) is 0 Å². The molecule has 80 valence electrons. The van der Waals surface area contributed by atoms with Crippen molar-refractivity contribution in [3.63, 3.8) is 0 Å². The van der Waals surface area contributed by atoms with Crippen LogP contribution in [0.15, 0.2) is 18.2 Å². The molecule has 1 aromatic carbocycles. The smallest absolute Gasteiger partial charge is 0.108 e. The maximum atomic E-state index is 9.80. The monoisotopic (exact) mass is 225 g/mol. The average Bonchev–Trinajstić information content (AvgIpc) is 2.26. The SMILES string of the molecule is Cc1cccc(C#N)c1C(O)C(O)CCl. The van der Waals surface area contributed by atoms with Crippen molar-refractivity contribution >= 4 is 11.6 Å². The van der Waals surface area contributed by atoms with E-state index in [0.29, 0.717) is 11.1 Å². The largest absolute Gasteiger partial charge is 0.389 e. The van der Waals surface area contributed by atoms with E-state index in [0.717, 1.165) is 5.56 Å². The van der Waals surface area contributed by atoms with E-state index in [-0.39, 0.29) is 5.88 Å². The van der Waals surface area contributed by atoms with Gasteiger partial charge in [0, 0.05) is 5.56 Å². The fourth-order valence-corrected chi connectivity index (χ4v) is 1.62. The first-order valence-corrected chi connectivity index (χ1v) is 5.07. The third-order valence-electron chi connectivity index (χ3n) is 2.26. The molecule has 0 bridgehead atoms. The van der Waals surface area contributed by atoms with Gasteiger partial charge >= 0.3 is 0 Å². The van der Waals surface area contributed by atoms with E-state index >= 15 is 0 Å². The molecule has 0 amide bonds. The van der Waals surface area contributed by atoms with Crippen molar-refractivity contribution in [2.24, 2.45) is 0 Å². The van der Waals surface area contributed by atoms with Gasteiger partial charge in [0.2, 0.25) is 0 Å². The molecule has 4 heteroatoms. The van der Waals surface area contributed by atoms with Gasteiger partial charge < -0.3 is 10.2 Å². The Bertz CT molecular complexity index is 387. The van der Waals surface area contributed by atoms with Gasteiger partial charge in [0.25, 0.3) is 0 Å². The Kier molecular flexibility index (Phi) is 4.10. The standard InChI is InChI=1S/C11H12ClNO2/c1-7-3-2-4-8(6-13)10(7)11(15)9(14)5-12/h2-4,9,11,14-15H,5H2,1H3. The highest BCUT2D eigenvalue weighted by Crippen LogP contribution is 2.24. The summed E-state index contributed by atoms with van der Waals surface area (Å²) >= 11 is 5.45. The summed E-state index contributed by atoms with van der Waals surface area (Å²) in [6.07, 6.45) is -2.17. The highest BCUT2D eigenvalue weighted by Gasteiger charge is 2.21. The van der Waals surface area contributed by atoms with Crippen LogP contribution in [0.3, 0.4) is 0 Å². The molecular formula is C11H12ClNO2. The van der Waals surface area contributed by atoms with Crippen LogP contribution in [0.4, 0.5) is 0 Å². The molecule has 0 radical (unpaired) electrons. The second kappa shape index (κ2) is 5.13. The average molecular weight is 226 g/mol. The molecule has 0 aliphatic rings. The van der Waals surface area contributed by atoms with E-state index in [4.69, 9.17) is 16.9 Å². The summed E-state index contributed by atoms with van der Waals surface area (Å²) in [4.78, 5) is 0. The fourth-order valence-electron chi connectivity index (χ4n) is 1.45. The summed E-state index contributed by atoms with van der Waals surface area (Å²) in [6.45, 7) is 1.78. The zero-order valence-electron chi connectivity index (χ0n) is 8.31. The Balaban J connectivity index is 3.18. The zero-order chi connectivity index (χ0) is 11.4. The van der Waals surface area contributed by atoms with Crippen LogP contribution in [0, 0.1) is 18.3 Å². The summed E-state index contributed by atoms with van der Waals surface area (Å²) in [7, 11) is 0. The lowest BCUT2D eigenvalue weighted by Gasteiger charge is -2.18. The summed E-state index contributed by atoms with van der Waals surface area (Å²) in [5.74, 6) is -0.0691. The van der Waals surface area contributed by atoms with Gasteiger partial charge in [0.1, 0.15) is 6.10 Å². The minimum atomic E-state index is -1.11. The second-order valence-electron chi connectivity index (χ2n) is 3.31. The number of halogens is 1. The second-order valence-corrected chi connectivity index (χ2v) is 3.62. The minimum Gasteiger partial charge on any atom is -0.389 e. The minimum absolute atomic E-state index is 0.0691. The zero-order valence-corrected chi connectivity index (χ0v) is 9.07. The first-order valence-electron chi connectivity index (χ1n) is 4.53. The lowest BCUT2D eigenvalue weighted by molar-refractivity contribution is 0.0321. The van der Waals surface area contributed by atoms with E-state index in [1.165, 1.54) is 0 Å². The topological polar surface area (TPSA) is 64.2 Å². The van der Waals surface area contributed by atoms with Crippen molar-refractivity contribution in [1.29, 1.82) is 5.26 Å². The highest BCUT2D eigenvalue weighted by atomic mass is 35.5. The summed E-state index contributed by atoms with van der Waals surface area (Å²) in [6, 6.07) is 7.10. The van der Waals surface area contributed by atoms with Gasteiger partial charge in [0.05, 0.1) is 23.6 Å². The van der Waals surface area contributed by atoms with Crippen molar-refractivity contribution in [2.45, 2.75) is 19.1 Å². The Morgan fingerprint density at radius 3 is 2.67 bits per heavy atom. The van der Waals surface area contributed by atoms with Crippen molar-refractivity contribution in [2.75, 3.05) is 5.88 Å². The van der Waals surface area contributed by atoms with Crippen LogP contribution >= 0.6 is 11.6 Å². The molecular weight excluding hydrogens is 214 g/mol. The predicted octanol–water partition coefficient (Wildman–Crippen LogP) is 1.50. The quantitative estimate of drug-likeness (QED) is 0.767. The fraction of sp³-hybridized carbons (Fsp3) is 0.364. The number of aliphatic hydroxyl groups is 2. The number of aryl methyl sites for hydroxylation is 1. The normalized spacial score (nSPS) is 14.3. The first kappa shape index (κ1) is 12.0. The molecule has 0 aromatic heterocycles.